The summed E-state index contributed by atoms with van der Waals surface area (Å²) in [5.74, 6) is -5.38. The predicted octanol–water partition coefficient (Wildman–Crippen LogP) is -3.28. The van der Waals surface area contributed by atoms with Gasteiger partial charge in [-0.25, -0.2) is 9.78 Å². The first-order chi connectivity index (χ1) is 23.5. The molecular weight excluding hydrogens is 656 g/mol. The van der Waals surface area contributed by atoms with E-state index >= 15 is 0 Å². The van der Waals surface area contributed by atoms with Crippen LogP contribution in [0.2, 0.25) is 0 Å². The van der Waals surface area contributed by atoms with Gasteiger partial charge in [-0.15, -0.1) is 0 Å². The highest BCUT2D eigenvalue weighted by molar-refractivity contribution is 5.96. The molecule has 50 heavy (non-hydrogen) atoms. The fraction of sp³-hybridized carbons (Fsp3) is 0.677. The first-order valence-electron chi connectivity index (χ1n) is 16.5. The number of methoxy groups -OCH3 is 1. The van der Waals surface area contributed by atoms with Gasteiger partial charge in [-0.05, 0) is 58.4 Å². The van der Waals surface area contributed by atoms with Gasteiger partial charge in [-0.2, -0.15) is 0 Å². The van der Waals surface area contributed by atoms with Crippen LogP contribution in [0.25, 0.3) is 0 Å². The SMILES string of the molecule is COC(=O)[C@H](C)NC(=O)[C@@H](Cc1cnc[nH]1)NC(=O)[C@@H](CCCCN)NC(=O)[C@@H](CC(C)C)NC(=O)[C@@H](CCC(N)=O)NC(=O)[C@H](N)[C@@H](C)O. The molecule has 0 aromatic carbocycles. The van der Waals surface area contributed by atoms with E-state index in [0.29, 0.717) is 25.1 Å². The van der Waals surface area contributed by atoms with E-state index in [4.69, 9.17) is 17.2 Å². The summed E-state index contributed by atoms with van der Waals surface area (Å²) in [6, 6.07) is -7.29. The lowest BCUT2D eigenvalue weighted by molar-refractivity contribution is -0.144. The van der Waals surface area contributed by atoms with Gasteiger partial charge >= 0.3 is 5.97 Å². The van der Waals surface area contributed by atoms with Gasteiger partial charge in [0.1, 0.15) is 36.3 Å². The number of nitrogens with one attached hydrogen (secondary N) is 6. The van der Waals surface area contributed by atoms with Crippen LogP contribution in [0.5, 0.6) is 0 Å². The second-order valence-electron chi connectivity index (χ2n) is 12.5. The first-order valence-corrected chi connectivity index (χ1v) is 16.5. The molecule has 1 aromatic rings. The average molecular weight is 711 g/mol. The molecule has 0 radical (unpaired) electrons. The van der Waals surface area contributed by atoms with Crippen LogP contribution in [0.1, 0.15) is 71.9 Å². The third-order valence-corrected chi connectivity index (χ3v) is 7.58. The van der Waals surface area contributed by atoms with Crippen molar-refractivity contribution >= 4 is 41.4 Å². The monoisotopic (exact) mass is 710 g/mol. The molecule has 19 heteroatoms. The van der Waals surface area contributed by atoms with Crippen molar-refractivity contribution in [3.63, 3.8) is 0 Å². The molecule has 1 rings (SSSR count). The van der Waals surface area contributed by atoms with Crippen LogP contribution in [-0.4, -0.2) is 112 Å². The summed E-state index contributed by atoms with van der Waals surface area (Å²) >= 11 is 0. The summed E-state index contributed by atoms with van der Waals surface area (Å²) in [5, 5.41) is 22.5. The Kier molecular flexibility index (Phi) is 19.2. The van der Waals surface area contributed by atoms with Gasteiger partial charge in [0.25, 0.3) is 0 Å². The topological polar surface area (TPSA) is 316 Å². The quantitative estimate of drug-likeness (QED) is 0.0395. The van der Waals surface area contributed by atoms with Crippen LogP contribution in [0, 0.1) is 5.92 Å². The van der Waals surface area contributed by atoms with E-state index in [1.807, 2.05) is 0 Å². The molecule has 0 aliphatic rings. The third kappa shape index (κ3) is 15.7. The molecular formula is C31H54N10O9. The number of rotatable bonds is 23. The Morgan fingerprint density at radius 3 is 1.88 bits per heavy atom. The normalized spacial score (nSPS) is 15.3. The molecule has 13 N–H and O–H groups in total. The number of imidazole rings is 1. The number of amides is 6. The predicted molar refractivity (Wildman–Crippen MR) is 180 cm³/mol. The lowest BCUT2D eigenvalue weighted by atomic mass is 10.0. The van der Waals surface area contributed by atoms with Gasteiger partial charge in [0.2, 0.25) is 35.4 Å². The third-order valence-electron chi connectivity index (χ3n) is 7.58. The number of nitrogens with two attached hydrogens (primary N) is 3. The van der Waals surface area contributed by atoms with Gasteiger partial charge < -0.3 is 58.6 Å². The van der Waals surface area contributed by atoms with Crippen LogP contribution in [0.3, 0.4) is 0 Å². The highest BCUT2D eigenvalue weighted by atomic mass is 16.5. The molecule has 0 aliphatic carbocycles. The average Bonchev–Trinajstić information content (AvgIpc) is 3.57. The fourth-order valence-corrected chi connectivity index (χ4v) is 4.70. The smallest absolute Gasteiger partial charge is 0.328 e. The van der Waals surface area contributed by atoms with E-state index in [-0.39, 0.29) is 38.0 Å². The lowest BCUT2D eigenvalue weighted by Gasteiger charge is -2.28. The maximum Gasteiger partial charge on any atom is 0.328 e. The number of hydrogen-bond donors (Lipinski definition) is 10. The number of aromatic nitrogens is 2. The molecule has 0 saturated heterocycles. The zero-order chi connectivity index (χ0) is 38.0. The number of carbonyl (C=O) groups is 7. The number of carbonyl (C=O) groups excluding carboxylic acids is 7. The number of esters is 1. The molecule has 0 aliphatic heterocycles. The summed E-state index contributed by atoms with van der Waals surface area (Å²) in [5.41, 5.74) is 17.1. The van der Waals surface area contributed by atoms with Gasteiger partial charge in [-0.1, -0.05) is 13.8 Å². The molecule has 0 saturated carbocycles. The fourth-order valence-electron chi connectivity index (χ4n) is 4.70. The summed E-state index contributed by atoms with van der Waals surface area (Å²) in [4.78, 5) is 96.8. The molecule has 19 nitrogen and oxygen atoms in total. The van der Waals surface area contributed by atoms with E-state index in [1.165, 1.54) is 33.5 Å². The van der Waals surface area contributed by atoms with Crippen molar-refractivity contribution < 1.29 is 43.4 Å². The molecule has 1 aromatic heterocycles. The van der Waals surface area contributed by atoms with Crippen LogP contribution >= 0.6 is 0 Å². The molecule has 1 heterocycles. The Hall–Kier alpha value is -4.62. The highest BCUT2D eigenvalue weighted by Crippen LogP contribution is 2.10. The van der Waals surface area contributed by atoms with Crippen molar-refractivity contribution in [3.05, 3.63) is 18.2 Å². The summed E-state index contributed by atoms with van der Waals surface area (Å²) in [6.45, 7) is 6.64. The molecule has 0 spiro atoms. The number of H-pyrrole nitrogens is 1. The van der Waals surface area contributed by atoms with E-state index in [2.05, 4.69) is 41.3 Å². The van der Waals surface area contributed by atoms with Crippen molar-refractivity contribution in [2.45, 2.75) is 115 Å². The zero-order valence-electron chi connectivity index (χ0n) is 29.3. The number of unbranched alkanes of at least 4 members (excludes halogenated alkanes) is 1. The van der Waals surface area contributed by atoms with Crippen molar-refractivity contribution in [1.29, 1.82) is 0 Å². The molecule has 0 fully saturated rings. The zero-order valence-corrected chi connectivity index (χ0v) is 29.3. The maximum atomic E-state index is 13.7. The number of hydrogen-bond acceptors (Lipinski definition) is 12. The number of aliphatic hydroxyl groups is 1. The van der Waals surface area contributed by atoms with Crippen LogP contribution in [0.4, 0.5) is 0 Å². The van der Waals surface area contributed by atoms with E-state index in [9.17, 15) is 38.7 Å². The number of primary amides is 1. The van der Waals surface area contributed by atoms with Gasteiger partial charge in [-0.3, -0.25) is 28.8 Å². The molecule has 7 atom stereocenters. The standard InChI is InChI=1S/C31H54N10O9/c1-16(2)12-22(40-27(45)21(9-10-24(33)43)39-30(48)25(34)18(4)42)29(47)38-20(8-6-7-11-32)26(44)41-23(13-19-14-35-15-36-19)28(46)37-17(3)31(49)50-5/h14-18,20-23,25,42H,6-13,32,34H2,1-5H3,(H2,33,43)(H,35,36)(H,37,46)(H,38,47)(H,39,48)(H,40,45)(H,41,44)/t17-,18+,20+,21+,22+,23+,25+/m0/s1. The number of ether oxygens (including phenoxy) is 1. The molecule has 0 unspecified atom stereocenters. The van der Waals surface area contributed by atoms with Crippen molar-refractivity contribution in [2.24, 2.45) is 23.1 Å². The minimum absolute atomic E-state index is 0.0297. The van der Waals surface area contributed by atoms with E-state index < -0.39 is 83.8 Å². The Balaban J connectivity index is 3.28. The molecule has 282 valence electrons. The Labute approximate surface area is 291 Å². The van der Waals surface area contributed by atoms with Crippen LogP contribution in [-0.2, 0) is 44.7 Å². The summed E-state index contributed by atoms with van der Waals surface area (Å²) in [7, 11) is 1.17. The second kappa shape index (κ2) is 22.2. The van der Waals surface area contributed by atoms with Crippen LogP contribution in [0.15, 0.2) is 12.5 Å². The Morgan fingerprint density at radius 1 is 0.820 bits per heavy atom. The van der Waals surface area contributed by atoms with Crippen molar-refractivity contribution in [2.75, 3.05) is 13.7 Å². The van der Waals surface area contributed by atoms with E-state index in [0.717, 1.165) is 0 Å². The Bertz CT molecular complexity index is 1280. The number of aliphatic hydroxyl groups excluding tert-OH is 1. The first kappa shape index (κ1) is 43.4. The van der Waals surface area contributed by atoms with Gasteiger partial charge in [0.15, 0.2) is 0 Å². The Morgan fingerprint density at radius 2 is 1.36 bits per heavy atom. The second-order valence-corrected chi connectivity index (χ2v) is 12.5. The van der Waals surface area contributed by atoms with Crippen molar-refractivity contribution in [1.82, 2.24) is 36.6 Å². The van der Waals surface area contributed by atoms with E-state index in [1.54, 1.807) is 13.8 Å². The number of nitrogens with zero attached hydrogens (tertiary/aromatic N) is 1. The highest BCUT2D eigenvalue weighted by Gasteiger charge is 2.33. The maximum absolute atomic E-state index is 13.7. The largest absolute Gasteiger partial charge is 0.467 e. The van der Waals surface area contributed by atoms with Crippen molar-refractivity contribution in [3.8, 4) is 0 Å². The molecule has 0 bridgehead atoms. The minimum Gasteiger partial charge on any atom is -0.467 e. The number of aromatic amines is 1. The lowest BCUT2D eigenvalue weighted by Crippen LogP contribution is -2.60. The summed E-state index contributed by atoms with van der Waals surface area (Å²) < 4.78 is 4.67. The molecule has 6 amide bonds. The summed E-state index contributed by atoms with van der Waals surface area (Å²) in [6.07, 6.45) is 2.30. The minimum atomic E-state index is -1.37. The van der Waals surface area contributed by atoms with Crippen LogP contribution < -0.4 is 43.8 Å². The van der Waals surface area contributed by atoms with Gasteiger partial charge in [0.05, 0.1) is 19.5 Å². The van der Waals surface area contributed by atoms with Gasteiger partial charge in [0, 0.05) is 24.7 Å².